The highest BCUT2D eigenvalue weighted by atomic mass is 16.5. The Hall–Kier alpha value is -4.06. The van der Waals surface area contributed by atoms with E-state index in [1.807, 2.05) is 43.3 Å². The number of aryl methyl sites for hydroxylation is 1. The fourth-order valence-electron chi connectivity index (χ4n) is 3.91. The van der Waals surface area contributed by atoms with Crippen molar-refractivity contribution in [1.82, 2.24) is 4.57 Å². The van der Waals surface area contributed by atoms with E-state index in [9.17, 15) is 14.7 Å². The van der Waals surface area contributed by atoms with E-state index >= 15 is 0 Å². The number of carboxylic acid groups (broad SMARTS) is 1. The first kappa shape index (κ1) is 22.1. The van der Waals surface area contributed by atoms with Gasteiger partial charge in [0.1, 0.15) is 11.5 Å². The van der Waals surface area contributed by atoms with Crippen LogP contribution < -0.4 is 9.47 Å². The summed E-state index contributed by atoms with van der Waals surface area (Å²) in [6, 6.07) is 22.2. The highest BCUT2D eigenvalue weighted by Gasteiger charge is 2.17. The van der Waals surface area contributed by atoms with Gasteiger partial charge in [-0.1, -0.05) is 24.3 Å². The third-order valence-corrected chi connectivity index (χ3v) is 5.58. The number of aromatic nitrogens is 1. The van der Waals surface area contributed by atoms with Crippen LogP contribution in [0.5, 0.6) is 11.5 Å². The van der Waals surface area contributed by atoms with E-state index in [-0.39, 0.29) is 12.3 Å². The van der Waals surface area contributed by atoms with Gasteiger partial charge in [-0.05, 0) is 66.6 Å². The van der Waals surface area contributed by atoms with Gasteiger partial charge in [-0.25, -0.2) is 0 Å². The number of aliphatic carboxylic acids is 1. The first-order valence-electron chi connectivity index (χ1n) is 10.7. The zero-order valence-electron chi connectivity index (χ0n) is 18.6. The van der Waals surface area contributed by atoms with Gasteiger partial charge in [0, 0.05) is 23.1 Å². The number of hydrogen-bond donors (Lipinski definition) is 1. The largest absolute Gasteiger partial charge is 0.497 e. The Morgan fingerprint density at radius 2 is 1.64 bits per heavy atom. The summed E-state index contributed by atoms with van der Waals surface area (Å²) in [4.78, 5) is 24.4. The molecule has 168 valence electrons. The Balaban J connectivity index is 1.46. The molecule has 4 aromatic rings. The second-order valence-electron chi connectivity index (χ2n) is 7.82. The lowest BCUT2D eigenvalue weighted by Crippen LogP contribution is -2.13. The lowest BCUT2D eigenvalue weighted by molar-refractivity contribution is -0.136. The Bertz CT molecular complexity index is 1290. The van der Waals surface area contributed by atoms with Crippen molar-refractivity contribution in [3.8, 4) is 11.5 Å². The molecule has 1 heterocycles. The molecule has 0 aliphatic carbocycles. The average Bonchev–Trinajstić information content (AvgIpc) is 3.16. The summed E-state index contributed by atoms with van der Waals surface area (Å²) in [6.07, 6.45) is 0.676. The molecule has 0 radical (unpaired) electrons. The molecule has 33 heavy (non-hydrogen) atoms. The first-order valence-corrected chi connectivity index (χ1v) is 10.7. The molecule has 0 bridgehead atoms. The standard InChI is InChI=1S/C27H25NO5/c1-18-16-24-21(17-26(29)30)4-3-5-25(24)28(18)27(31)20-8-12-23(13-9-20)33-15-14-19-6-10-22(32-2)11-7-19/h3-13,16H,14-15,17H2,1-2H3,(H,29,30). The molecule has 3 aromatic carbocycles. The molecule has 6 nitrogen and oxygen atoms in total. The van der Waals surface area contributed by atoms with Gasteiger partial charge < -0.3 is 14.6 Å². The number of carbonyl (C=O) groups excluding carboxylic acids is 1. The second-order valence-corrected chi connectivity index (χ2v) is 7.82. The molecule has 0 amide bonds. The van der Waals surface area contributed by atoms with Crippen molar-refractivity contribution in [2.24, 2.45) is 0 Å². The number of ether oxygens (including phenoxy) is 2. The highest BCUT2D eigenvalue weighted by Crippen LogP contribution is 2.25. The van der Waals surface area contributed by atoms with Crippen LogP contribution in [0.1, 0.15) is 27.2 Å². The number of rotatable bonds is 8. The molecule has 4 rings (SSSR count). The van der Waals surface area contributed by atoms with Crippen LogP contribution in [0.25, 0.3) is 10.9 Å². The van der Waals surface area contributed by atoms with Crippen LogP contribution in [-0.2, 0) is 17.6 Å². The van der Waals surface area contributed by atoms with Crippen LogP contribution in [0.4, 0.5) is 0 Å². The SMILES string of the molecule is COc1ccc(CCOc2ccc(C(=O)n3c(C)cc4c(CC(=O)O)cccc43)cc2)cc1. The molecule has 1 N–H and O–H groups in total. The molecule has 0 spiro atoms. The predicted molar refractivity (Wildman–Crippen MR) is 126 cm³/mol. The van der Waals surface area contributed by atoms with E-state index in [2.05, 4.69) is 0 Å². The van der Waals surface area contributed by atoms with Crippen molar-refractivity contribution in [1.29, 1.82) is 0 Å². The van der Waals surface area contributed by atoms with Crippen molar-refractivity contribution in [3.05, 3.63) is 95.2 Å². The van der Waals surface area contributed by atoms with Gasteiger partial charge in [0.2, 0.25) is 0 Å². The van der Waals surface area contributed by atoms with E-state index in [1.54, 1.807) is 48.1 Å². The maximum atomic E-state index is 13.2. The number of benzene rings is 3. The number of carboxylic acids is 1. The third-order valence-electron chi connectivity index (χ3n) is 5.58. The van der Waals surface area contributed by atoms with Gasteiger partial charge in [0.05, 0.1) is 25.7 Å². The number of fused-ring (bicyclic) bond motifs is 1. The van der Waals surface area contributed by atoms with Crippen LogP contribution in [0.15, 0.2) is 72.8 Å². The Kier molecular flexibility index (Phi) is 6.45. The topological polar surface area (TPSA) is 77.8 Å². The minimum atomic E-state index is -0.901. The molecule has 0 fully saturated rings. The maximum Gasteiger partial charge on any atom is 0.307 e. The normalized spacial score (nSPS) is 10.8. The highest BCUT2D eigenvalue weighted by molar-refractivity contribution is 6.04. The average molecular weight is 443 g/mol. The van der Waals surface area contributed by atoms with Crippen molar-refractivity contribution in [2.75, 3.05) is 13.7 Å². The summed E-state index contributed by atoms with van der Waals surface area (Å²) in [5.74, 6) is 0.447. The number of hydrogen-bond acceptors (Lipinski definition) is 4. The van der Waals surface area contributed by atoms with Gasteiger partial charge in [-0.2, -0.15) is 0 Å². The fraction of sp³-hybridized carbons (Fsp3) is 0.185. The van der Waals surface area contributed by atoms with E-state index in [0.717, 1.165) is 28.8 Å². The van der Waals surface area contributed by atoms with Gasteiger partial charge in [-0.3, -0.25) is 14.2 Å². The lowest BCUT2D eigenvalue weighted by atomic mass is 10.1. The van der Waals surface area contributed by atoms with E-state index < -0.39 is 5.97 Å². The number of carbonyl (C=O) groups is 2. The third kappa shape index (κ3) is 4.90. The monoisotopic (exact) mass is 443 g/mol. The first-order chi connectivity index (χ1) is 16.0. The van der Waals surface area contributed by atoms with Gasteiger partial charge in [-0.15, -0.1) is 0 Å². The summed E-state index contributed by atoms with van der Waals surface area (Å²) in [5.41, 5.74) is 3.83. The van der Waals surface area contributed by atoms with Gasteiger partial charge >= 0.3 is 5.97 Å². The van der Waals surface area contributed by atoms with Crippen LogP contribution in [0.3, 0.4) is 0 Å². The summed E-state index contributed by atoms with van der Waals surface area (Å²) in [6.45, 7) is 2.37. The molecule has 0 saturated heterocycles. The Labute approximate surface area is 192 Å². The molecular weight excluding hydrogens is 418 g/mol. The summed E-state index contributed by atoms with van der Waals surface area (Å²) >= 11 is 0. The smallest absolute Gasteiger partial charge is 0.307 e. The quantitative estimate of drug-likeness (QED) is 0.419. The number of methoxy groups -OCH3 is 1. The van der Waals surface area contributed by atoms with E-state index in [4.69, 9.17) is 9.47 Å². The van der Waals surface area contributed by atoms with Crippen LogP contribution in [-0.4, -0.2) is 35.3 Å². The molecule has 0 saturated carbocycles. The predicted octanol–water partition coefficient (Wildman–Crippen LogP) is 4.90. The fourth-order valence-corrected chi connectivity index (χ4v) is 3.91. The van der Waals surface area contributed by atoms with Crippen molar-refractivity contribution in [3.63, 3.8) is 0 Å². The van der Waals surface area contributed by atoms with Gasteiger partial charge in [0.15, 0.2) is 0 Å². The lowest BCUT2D eigenvalue weighted by Gasteiger charge is -2.10. The minimum Gasteiger partial charge on any atom is -0.497 e. The molecule has 0 unspecified atom stereocenters. The molecule has 0 aliphatic heterocycles. The zero-order valence-corrected chi connectivity index (χ0v) is 18.6. The number of nitrogens with zero attached hydrogens (tertiary/aromatic N) is 1. The minimum absolute atomic E-state index is 0.0858. The molecule has 1 aromatic heterocycles. The van der Waals surface area contributed by atoms with Crippen LogP contribution in [0, 0.1) is 6.92 Å². The maximum absolute atomic E-state index is 13.2. The Morgan fingerprint density at radius 1 is 0.939 bits per heavy atom. The van der Waals surface area contributed by atoms with Crippen LogP contribution >= 0.6 is 0 Å². The molecular formula is C27H25NO5. The van der Waals surface area contributed by atoms with E-state index in [1.165, 1.54) is 0 Å². The molecule has 0 aliphatic rings. The van der Waals surface area contributed by atoms with Crippen molar-refractivity contribution >= 4 is 22.8 Å². The van der Waals surface area contributed by atoms with Crippen molar-refractivity contribution in [2.45, 2.75) is 19.8 Å². The second kappa shape index (κ2) is 9.61. The zero-order chi connectivity index (χ0) is 23.4. The van der Waals surface area contributed by atoms with Gasteiger partial charge in [0.25, 0.3) is 5.91 Å². The van der Waals surface area contributed by atoms with E-state index in [0.29, 0.717) is 29.0 Å². The summed E-state index contributed by atoms with van der Waals surface area (Å²) < 4.78 is 12.6. The summed E-state index contributed by atoms with van der Waals surface area (Å²) in [7, 11) is 1.64. The molecule has 6 heteroatoms. The Morgan fingerprint density at radius 3 is 2.30 bits per heavy atom. The summed E-state index contributed by atoms with van der Waals surface area (Å²) in [5, 5.41) is 9.95. The van der Waals surface area contributed by atoms with Crippen molar-refractivity contribution < 1.29 is 24.2 Å². The van der Waals surface area contributed by atoms with Crippen LogP contribution in [0.2, 0.25) is 0 Å². The molecule has 0 atom stereocenters.